The summed E-state index contributed by atoms with van der Waals surface area (Å²) in [7, 11) is 0. The van der Waals surface area contributed by atoms with Crippen LogP contribution in [0.4, 0.5) is 0 Å². The van der Waals surface area contributed by atoms with Crippen molar-refractivity contribution in [3.05, 3.63) is 43.5 Å². The molecule has 3 heteroatoms. The first-order valence-corrected chi connectivity index (χ1v) is 4.57. The molecule has 15 heavy (non-hydrogen) atoms. The largest absolute Gasteiger partial charge is 0.508 e. The fourth-order valence-electron chi connectivity index (χ4n) is 1.03. The third-order valence-corrected chi connectivity index (χ3v) is 1.60. The highest BCUT2D eigenvalue weighted by atomic mass is 16.5. The van der Waals surface area contributed by atoms with E-state index in [9.17, 15) is 5.11 Å². The topological polar surface area (TPSA) is 38.7 Å². The Labute approximate surface area is 89.3 Å². The van der Waals surface area contributed by atoms with Crippen molar-refractivity contribution in [1.29, 1.82) is 0 Å². The molecule has 1 N–H and O–H groups in total. The fraction of sp³-hybridized carbons (Fsp3) is 0.167. The van der Waals surface area contributed by atoms with Crippen LogP contribution in [0.1, 0.15) is 0 Å². The molecule has 0 saturated carbocycles. The van der Waals surface area contributed by atoms with Crippen LogP contribution >= 0.6 is 0 Å². The second-order valence-electron chi connectivity index (χ2n) is 2.86. The third-order valence-electron chi connectivity index (χ3n) is 1.60. The predicted octanol–water partition coefficient (Wildman–Crippen LogP) is 2.52. The third kappa shape index (κ3) is 3.77. The highest BCUT2D eigenvalue weighted by Crippen LogP contribution is 2.26. The lowest BCUT2D eigenvalue weighted by molar-refractivity contribution is 0.340. The molecule has 0 aromatic heterocycles. The zero-order valence-electron chi connectivity index (χ0n) is 8.48. The highest BCUT2D eigenvalue weighted by Gasteiger charge is 2.01. The van der Waals surface area contributed by atoms with Crippen molar-refractivity contribution in [2.24, 2.45) is 0 Å². The number of hydrogen-bond acceptors (Lipinski definition) is 3. The van der Waals surface area contributed by atoms with Crippen LogP contribution in [0.25, 0.3) is 0 Å². The molecule has 0 aliphatic carbocycles. The number of hydrogen-bond donors (Lipinski definition) is 1. The molecule has 0 amide bonds. The summed E-state index contributed by atoms with van der Waals surface area (Å²) in [5.41, 5.74) is 0. The summed E-state index contributed by atoms with van der Waals surface area (Å²) in [5.74, 6) is 1.21. The number of ether oxygens (including phenoxy) is 2. The zero-order chi connectivity index (χ0) is 11.1. The predicted molar refractivity (Wildman–Crippen MR) is 59.5 cm³/mol. The van der Waals surface area contributed by atoms with E-state index in [1.54, 1.807) is 18.2 Å². The molecule has 0 saturated heterocycles. The van der Waals surface area contributed by atoms with Crippen LogP contribution in [0, 0.1) is 0 Å². The Kier molecular flexibility index (Phi) is 4.29. The SMILES string of the molecule is C=CCOc1cc(O)cc(OCC=C)c1. The molecule has 0 aliphatic rings. The molecule has 0 radical (unpaired) electrons. The van der Waals surface area contributed by atoms with Gasteiger partial charge in [0.25, 0.3) is 0 Å². The number of benzene rings is 1. The summed E-state index contributed by atoms with van der Waals surface area (Å²) >= 11 is 0. The van der Waals surface area contributed by atoms with Crippen LogP contribution in [0.3, 0.4) is 0 Å². The van der Waals surface area contributed by atoms with E-state index in [1.807, 2.05) is 0 Å². The van der Waals surface area contributed by atoms with Gasteiger partial charge in [-0.1, -0.05) is 25.3 Å². The quantitative estimate of drug-likeness (QED) is 0.727. The van der Waals surface area contributed by atoms with Crippen molar-refractivity contribution in [3.63, 3.8) is 0 Å². The van der Waals surface area contributed by atoms with Gasteiger partial charge in [0, 0.05) is 18.2 Å². The maximum Gasteiger partial charge on any atom is 0.127 e. The van der Waals surface area contributed by atoms with Crippen molar-refractivity contribution in [2.45, 2.75) is 0 Å². The Balaban J connectivity index is 2.74. The van der Waals surface area contributed by atoms with E-state index in [0.717, 1.165) is 0 Å². The van der Waals surface area contributed by atoms with Crippen LogP contribution in [-0.4, -0.2) is 18.3 Å². The fourth-order valence-corrected chi connectivity index (χ4v) is 1.03. The number of phenols is 1. The molecule has 0 aliphatic heterocycles. The Morgan fingerprint density at radius 2 is 1.47 bits per heavy atom. The Morgan fingerprint density at radius 1 is 1.00 bits per heavy atom. The van der Waals surface area contributed by atoms with Gasteiger partial charge in [-0.15, -0.1) is 0 Å². The van der Waals surface area contributed by atoms with Gasteiger partial charge in [0.05, 0.1) is 0 Å². The standard InChI is InChI=1S/C12H14O3/c1-3-5-14-11-7-10(13)8-12(9-11)15-6-4-2/h3-4,7-9,13H,1-2,5-6H2. The van der Waals surface area contributed by atoms with Crippen LogP contribution in [0.15, 0.2) is 43.5 Å². The molecule has 80 valence electrons. The molecule has 0 heterocycles. The summed E-state index contributed by atoms with van der Waals surface area (Å²) < 4.78 is 10.5. The smallest absolute Gasteiger partial charge is 0.127 e. The average molecular weight is 206 g/mol. The molecule has 1 rings (SSSR count). The summed E-state index contributed by atoms with van der Waals surface area (Å²) in [5, 5.41) is 9.38. The number of rotatable bonds is 6. The first-order valence-electron chi connectivity index (χ1n) is 4.57. The molecule has 0 unspecified atom stereocenters. The summed E-state index contributed by atoms with van der Waals surface area (Å²) in [6.45, 7) is 7.86. The van der Waals surface area contributed by atoms with E-state index in [4.69, 9.17) is 9.47 Å². The van der Waals surface area contributed by atoms with E-state index < -0.39 is 0 Å². The summed E-state index contributed by atoms with van der Waals surface area (Å²) in [4.78, 5) is 0. The van der Waals surface area contributed by atoms with Crippen molar-refractivity contribution in [2.75, 3.05) is 13.2 Å². The van der Waals surface area contributed by atoms with Crippen LogP contribution in [-0.2, 0) is 0 Å². The van der Waals surface area contributed by atoms with Crippen LogP contribution in [0.2, 0.25) is 0 Å². The van der Waals surface area contributed by atoms with E-state index in [0.29, 0.717) is 24.7 Å². The van der Waals surface area contributed by atoms with Crippen LogP contribution < -0.4 is 9.47 Å². The van der Waals surface area contributed by atoms with E-state index in [1.165, 1.54) is 12.1 Å². The summed E-state index contributed by atoms with van der Waals surface area (Å²) in [6.07, 6.45) is 3.27. The first kappa shape index (κ1) is 11.2. The van der Waals surface area contributed by atoms with Crippen LogP contribution in [0.5, 0.6) is 17.2 Å². The zero-order valence-corrected chi connectivity index (χ0v) is 8.48. The lowest BCUT2D eigenvalue weighted by Gasteiger charge is -2.08. The van der Waals surface area contributed by atoms with E-state index >= 15 is 0 Å². The van der Waals surface area contributed by atoms with Crippen molar-refractivity contribution in [1.82, 2.24) is 0 Å². The van der Waals surface area contributed by atoms with Gasteiger partial charge in [-0.3, -0.25) is 0 Å². The molecule has 1 aromatic rings. The van der Waals surface area contributed by atoms with Gasteiger partial charge in [-0.2, -0.15) is 0 Å². The maximum atomic E-state index is 9.38. The van der Waals surface area contributed by atoms with E-state index in [2.05, 4.69) is 13.2 Å². The monoisotopic (exact) mass is 206 g/mol. The van der Waals surface area contributed by atoms with Crippen molar-refractivity contribution >= 4 is 0 Å². The molecule has 0 fully saturated rings. The van der Waals surface area contributed by atoms with Gasteiger partial charge in [0.15, 0.2) is 0 Å². The van der Waals surface area contributed by atoms with Gasteiger partial charge >= 0.3 is 0 Å². The Bertz CT molecular complexity index is 314. The molecule has 0 atom stereocenters. The van der Waals surface area contributed by atoms with Crippen molar-refractivity contribution < 1.29 is 14.6 Å². The van der Waals surface area contributed by atoms with Gasteiger partial charge in [0.1, 0.15) is 30.5 Å². The maximum absolute atomic E-state index is 9.38. The molecule has 0 bridgehead atoms. The molecule has 0 spiro atoms. The van der Waals surface area contributed by atoms with Crippen molar-refractivity contribution in [3.8, 4) is 17.2 Å². The number of aromatic hydroxyl groups is 1. The lowest BCUT2D eigenvalue weighted by atomic mass is 10.3. The lowest BCUT2D eigenvalue weighted by Crippen LogP contribution is -1.95. The molecule has 1 aromatic carbocycles. The average Bonchev–Trinajstić information content (AvgIpc) is 2.23. The van der Waals surface area contributed by atoms with Gasteiger partial charge in [-0.05, 0) is 0 Å². The molecular weight excluding hydrogens is 192 g/mol. The second-order valence-corrected chi connectivity index (χ2v) is 2.86. The number of phenolic OH excluding ortho intramolecular Hbond substituents is 1. The van der Waals surface area contributed by atoms with Gasteiger partial charge in [-0.25, -0.2) is 0 Å². The Morgan fingerprint density at radius 3 is 1.87 bits per heavy atom. The minimum atomic E-state index is 0.107. The minimum Gasteiger partial charge on any atom is -0.508 e. The minimum absolute atomic E-state index is 0.107. The Hall–Kier alpha value is -1.90. The second kappa shape index (κ2) is 5.75. The first-order chi connectivity index (χ1) is 7.26. The molecular formula is C12H14O3. The molecule has 3 nitrogen and oxygen atoms in total. The van der Waals surface area contributed by atoms with E-state index in [-0.39, 0.29) is 5.75 Å². The van der Waals surface area contributed by atoms with Gasteiger partial charge < -0.3 is 14.6 Å². The van der Waals surface area contributed by atoms with Gasteiger partial charge in [0.2, 0.25) is 0 Å². The highest BCUT2D eigenvalue weighted by molar-refractivity contribution is 5.41. The normalized spacial score (nSPS) is 9.33. The summed E-state index contributed by atoms with van der Waals surface area (Å²) in [6, 6.07) is 4.74.